The highest BCUT2D eigenvalue weighted by molar-refractivity contribution is 5.97. The molecule has 28 heavy (non-hydrogen) atoms. The van der Waals surface area contributed by atoms with Crippen LogP contribution in [-0.4, -0.2) is 25.5 Å². The van der Waals surface area contributed by atoms with Crippen LogP contribution >= 0.6 is 0 Å². The third kappa shape index (κ3) is 5.11. The van der Waals surface area contributed by atoms with Gasteiger partial charge in [0, 0.05) is 6.08 Å². The average Bonchev–Trinajstić information content (AvgIpc) is 2.75. The van der Waals surface area contributed by atoms with Crippen LogP contribution in [0.25, 0.3) is 16.8 Å². The minimum atomic E-state index is -0.470. The third-order valence-corrected chi connectivity index (χ3v) is 3.99. The van der Waals surface area contributed by atoms with Crippen LogP contribution in [0.4, 0.5) is 0 Å². The molecule has 0 aliphatic rings. The molecule has 6 heteroatoms. The Hall–Kier alpha value is -3.80. The second kappa shape index (κ2) is 9.23. The maximum atomic E-state index is 11.9. The lowest BCUT2D eigenvalue weighted by molar-refractivity contribution is -0.128. The Bertz CT molecular complexity index is 992. The molecule has 0 unspecified atom stereocenters. The van der Waals surface area contributed by atoms with E-state index in [1.165, 1.54) is 6.08 Å². The molecule has 3 aromatic carbocycles. The molecule has 0 bridgehead atoms. The first kappa shape index (κ1) is 19.0. The molecule has 0 aliphatic carbocycles. The molecule has 0 fully saturated rings. The molecule has 2 N–H and O–H groups in total. The van der Waals surface area contributed by atoms with Crippen LogP contribution in [0.15, 0.2) is 72.8 Å². The highest BCUT2D eigenvalue weighted by Crippen LogP contribution is 2.19. The van der Waals surface area contributed by atoms with Gasteiger partial charge in [-0.25, -0.2) is 0 Å². The van der Waals surface area contributed by atoms with Crippen LogP contribution in [0, 0.1) is 0 Å². The molecule has 0 radical (unpaired) electrons. The minimum absolute atomic E-state index is 0.223. The summed E-state index contributed by atoms with van der Waals surface area (Å²) in [4.78, 5) is 23.7. The van der Waals surface area contributed by atoms with Crippen molar-refractivity contribution in [2.75, 3.05) is 13.7 Å². The van der Waals surface area contributed by atoms with Crippen molar-refractivity contribution < 1.29 is 19.1 Å². The van der Waals surface area contributed by atoms with Gasteiger partial charge in [-0.05, 0) is 46.7 Å². The molecule has 0 atom stereocenters. The molecule has 3 aromatic rings. The number of amides is 2. The molecule has 3 rings (SSSR count). The fourth-order valence-electron chi connectivity index (χ4n) is 2.59. The maximum Gasteiger partial charge on any atom is 0.276 e. The first-order valence-electron chi connectivity index (χ1n) is 8.67. The Kier molecular flexibility index (Phi) is 6.25. The lowest BCUT2D eigenvalue weighted by Gasteiger charge is -2.08. The van der Waals surface area contributed by atoms with Gasteiger partial charge in [-0.1, -0.05) is 42.5 Å². The van der Waals surface area contributed by atoms with E-state index in [4.69, 9.17) is 9.47 Å². The summed E-state index contributed by atoms with van der Waals surface area (Å²) in [6.07, 6.45) is 3.07. The molecule has 0 spiro atoms. The van der Waals surface area contributed by atoms with Crippen molar-refractivity contribution in [1.29, 1.82) is 0 Å². The summed E-state index contributed by atoms with van der Waals surface area (Å²) in [5.74, 6) is 0.314. The molecular formula is C22H20N2O4. The Morgan fingerprint density at radius 2 is 1.61 bits per heavy atom. The van der Waals surface area contributed by atoms with Gasteiger partial charge in [0.05, 0.1) is 7.11 Å². The second-order valence-corrected chi connectivity index (χ2v) is 5.90. The quantitative estimate of drug-likeness (QED) is 0.512. The predicted molar refractivity (Wildman–Crippen MR) is 108 cm³/mol. The van der Waals surface area contributed by atoms with Crippen molar-refractivity contribution in [3.8, 4) is 11.5 Å². The molecule has 6 nitrogen and oxygen atoms in total. The van der Waals surface area contributed by atoms with Crippen molar-refractivity contribution in [2.45, 2.75) is 0 Å². The van der Waals surface area contributed by atoms with Crippen LogP contribution in [0.3, 0.4) is 0 Å². The number of nitrogens with one attached hydrogen (secondary N) is 2. The fraction of sp³-hybridized carbons (Fsp3) is 0.0909. The van der Waals surface area contributed by atoms with Crippen LogP contribution in [0.2, 0.25) is 0 Å². The number of fused-ring (bicyclic) bond motifs is 1. The Morgan fingerprint density at radius 3 is 2.39 bits per heavy atom. The summed E-state index contributed by atoms with van der Waals surface area (Å²) < 4.78 is 10.4. The van der Waals surface area contributed by atoms with E-state index in [0.29, 0.717) is 11.5 Å². The van der Waals surface area contributed by atoms with E-state index in [-0.39, 0.29) is 6.61 Å². The Balaban J connectivity index is 1.48. The van der Waals surface area contributed by atoms with Gasteiger partial charge in [0.15, 0.2) is 6.61 Å². The number of hydrogen-bond acceptors (Lipinski definition) is 4. The first-order chi connectivity index (χ1) is 13.7. The van der Waals surface area contributed by atoms with Crippen LogP contribution in [0.5, 0.6) is 11.5 Å². The van der Waals surface area contributed by atoms with Crippen LogP contribution < -0.4 is 20.3 Å². The average molecular weight is 376 g/mol. The SMILES string of the molecule is COc1ccc(OCC(=O)NNC(=O)C=Cc2cccc3ccccc23)cc1. The first-order valence-corrected chi connectivity index (χ1v) is 8.67. The van der Waals surface area contributed by atoms with E-state index in [1.54, 1.807) is 37.5 Å². The summed E-state index contributed by atoms with van der Waals surface area (Å²) in [6, 6.07) is 20.6. The summed E-state index contributed by atoms with van der Waals surface area (Å²) >= 11 is 0. The molecular weight excluding hydrogens is 356 g/mol. The van der Waals surface area contributed by atoms with E-state index in [9.17, 15) is 9.59 Å². The van der Waals surface area contributed by atoms with Gasteiger partial charge in [0.2, 0.25) is 0 Å². The summed E-state index contributed by atoms with van der Waals surface area (Å²) in [5, 5.41) is 2.14. The molecule has 142 valence electrons. The van der Waals surface area contributed by atoms with Crippen molar-refractivity contribution in [3.05, 3.63) is 78.4 Å². The highest BCUT2D eigenvalue weighted by Gasteiger charge is 2.04. The van der Waals surface area contributed by atoms with Crippen molar-refractivity contribution in [2.24, 2.45) is 0 Å². The second-order valence-electron chi connectivity index (χ2n) is 5.90. The van der Waals surface area contributed by atoms with E-state index in [0.717, 1.165) is 16.3 Å². The number of benzene rings is 3. The van der Waals surface area contributed by atoms with Gasteiger partial charge in [0.25, 0.3) is 11.8 Å². The number of rotatable bonds is 6. The van der Waals surface area contributed by atoms with Gasteiger partial charge in [-0.15, -0.1) is 0 Å². The third-order valence-electron chi connectivity index (χ3n) is 3.99. The van der Waals surface area contributed by atoms with Gasteiger partial charge >= 0.3 is 0 Å². The van der Waals surface area contributed by atoms with Crippen molar-refractivity contribution in [1.82, 2.24) is 10.9 Å². The predicted octanol–water partition coefficient (Wildman–Crippen LogP) is 3.09. The largest absolute Gasteiger partial charge is 0.497 e. The van der Waals surface area contributed by atoms with Crippen LogP contribution in [0.1, 0.15) is 5.56 Å². The number of methoxy groups -OCH3 is 1. The molecule has 0 heterocycles. The number of carbonyl (C=O) groups is 2. The van der Waals surface area contributed by atoms with E-state index in [2.05, 4.69) is 10.9 Å². The van der Waals surface area contributed by atoms with Crippen molar-refractivity contribution in [3.63, 3.8) is 0 Å². The molecule has 0 saturated carbocycles. The Morgan fingerprint density at radius 1 is 0.893 bits per heavy atom. The number of hydrazine groups is 1. The minimum Gasteiger partial charge on any atom is -0.497 e. The van der Waals surface area contributed by atoms with Gasteiger partial charge in [-0.3, -0.25) is 20.4 Å². The summed E-state index contributed by atoms with van der Waals surface area (Å²) in [5.41, 5.74) is 5.56. The summed E-state index contributed by atoms with van der Waals surface area (Å²) in [6.45, 7) is -0.223. The fourth-order valence-corrected chi connectivity index (χ4v) is 2.59. The lowest BCUT2D eigenvalue weighted by Crippen LogP contribution is -2.43. The standard InChI is InChI=1S/C22H20N2O4/c1-27-18-10-12-19(13-11-18)28-15-22(26)24-23-21(25)14-9-17-7-4-6-16-5-2-3-8-20(16)17/h2-14H,15H2,1H3,(H,23,25)(H,24,26). The lowest BCUT2D eigenvalue weighted by atomic mass is 10.0. The molecule has 0 saturated heterocycles. The molecule has 2 amide bonds. The Labute approximate surface area is 162 Å². The van der Waals surface area contributed by atoms with Gasteiger partial charge in [-0.2, -0.15) is 0 Å². The smallest absolute Gasteiger partial charge is 0.276 e. The maximum absolute atomic E-state index is 11.9. The summed E-state index contributed by atoms with van der Waals surface area (Å²) in [7, 11) is 1.57. The zero-order valence-corrected chi connectivity index (χ0v) is 15.3. The normalized spacial score (nSPS) is 10.6. The number of carbonyl (C=O) groups excluding carboxylic acids is 2. The van der Waals surface area contributed by atoms with Crippen LogP contribution in [-0.2, 0) is 9.59 Å². The number of hydrogen-bond donors (Lipinski definition) is 2. The molecule has 0 aliphatic heterocycles. The van der Waals surface area contributed by atoms with E-state index in [1.807, 2.05) is 42.5 Å². The van der Waals surface area contributed by atoms with Crippen molar-refractivity contribution >= 4 is 28.7 Å². The zero-order valence-electron chi connectivity index (χ0n) is 15.3. The number of ether oxygens (including phenoxy) is 2. The van der Waals surface area contributed by atoms with E-state index >= 15 is 0 Å². The van der Waals surface area contributed by atoms with E-state index < -0.39 is 11.8 Å². The van der Waals surface area contributed by atoms with Gasteiger partial charge in [0.1, 0.15) is 11.5 Å². The molecule has 0 aromatic heterocycles. The topological polar surface area (TPSA) is 76.7 Å². The zero-order chi connectivity index (χ0) is 19.8. The highest BCUT2D eigenvalue weighted by atomic mass is 16.5. The monoisotopic (exact) mass is 376 g/mol. The van der Waals surface area contributed by atoms with Gasteiger partial charge < -0.3 is 9.47 Å².